The summed E-state index contributed by atoms with van der Waals surface area (Å²) in [6, 6.07) is 6.92. The lowest BCUT2D eigenvalue weighted by Crippen LogP contribution is -2.45. The van der Waals surface area contributed by atoms with Crippen LogP contribution in [-0.4, -0.2) is 36.6 Å². The molecule has 1 aliphatic rings. The Kier molecular flexibility index (Phi) is 2.56. The molecule has 1 aromatic heterocycles. The molecule has 2 aromatic rings. The number of benzene rings is 1. The monoisotopic (exact) mass is 230 g/mol. The summed E-state index contributed by atoms with van der Waals surface area (Å²) < 4.78 is 5.29. The van der Waals surface area contributed by atoms with Crippen LogP contribution in [0.2, 0.25) is 0 Å². The van der Waals surface area contributed by atoms with Crippen molar-refractivity contribution in [3.05, 3.63) is 30.0 Å². The lowest BCUT2D eigenvalue weighted by molar-refractivity contribution is 0.127. The van der Waals surface area contributed by atoms with Crippen LogP contribution in [0.15, 0.2) is 24.4 Å². The van der Waals surface area contributed by atoms with Crippen LogP contribution in [0.3, 0.4) is 0 Å². The Balaban J connectivity index is 1.92. The van der Waals surface area contributed by atoms with E-state index in [1.807, 2.05) is 6.07 Å². The van der Waals surface area contributed by atoms with Crippen LogP contribution in [0.4, 0.5) is 0 Å². The number of likely N-dealkylation sites (tertiary alicyclic amines) is 1. The first kappa shape index (κ1) is 10.7. The number of hydrogen-bond acceptors (Lipinski definition) is 2. The number of nitrogens with zero attached hydrogens (tertiary/aromatic N) is 1. The molecule has 1 aliphatic heterocycles. The van der Waals surface area contributed by atoms with Crippen LogP contribution in [0.25, 0.3) is 10.9 Å². The van der Waals surface area contributed by atoms with Gasteiger partial charge in [0.1, 0.15) is 5.75 Å². The first-order chi connectivity index (χ1) is 8.28. The highest BCUT2D eigenvalue weighted by molar-refractivity contribution is 5.84. The Hall–Kier alpha value is -1.48. The molecule has 3 heteroatoms. The van der Waals surface area contributed by atoms with E-state index >= 15 is 0 Å². The Labute approximate surface area is 101 Å². The van der Waals surface area contributed by atoms with Gasteiger partial charge in [0, 0.05) is 23.1 Å². The van der Waals surface area contributed by atoms with Gasteiger partial charge < -0.3 is 14.6 Å². The molecule has 2 heterocycles. The van der Waals surface area contributed by atoms with Crippen molar-refractivity contribution in [3.63, 3.8) is 0 Å². The number of aromatic nitrogens is 1. The van der Waals surface area contributed by atoms with Gasteiger partial charge in [0.05, 0.1) is 7.11 Å². The number of rotatable bonds is 3. The SMILES string of the molecule is COc1ccc2[nH]cc(CC3CCN3C)c2c1. The van der Waals surface area contributed by atoms with E-state index in [4.69, 9.17) is 4.74 Å². The molecule has 0 bridgehead atoms. The highest BCUT2D eigenvalue weighted by atomic mass is 16.5. The van der Waals surface area contributed by atoms with Crippen LogP contribution < -0.4 is 4.74 Å². The lowest BCUT2D eigenvalue weighted by atomic mass is 9.96. The second-order valence-electron chi connectivity index (χ2n) is 4.85. The zero-order valence-electron chi connectivity index (χ0n) is 10.4. The third kappa shape index (κ3) is 1.80. The van der Waals surface area contributed by atoms with Gasteiger partial charge >= 0.3 is 0 Å². The highest BCUT2D eigenvalue weighted by Gasteiger charge is 2.24. The van der Waals surface area contributed by atoms with Crippen LogP contribution >= 0.6 is 0 Å². The maximum absolute atomic E-state index is 5.29. The molecule has 1 unspecified atom stereocenters. The summed E-state index contributed by atoms with van der Waals surface area (Å²) in [5.41, 5.74) is 2.60. The summed E-state index contributed by atoms with van der Waals surface area (Å²) in [6.45, 7) is 1.23. The van der Waals surface area contributed by atoms with Crippen LogP contribution in [-0.2, 0) is 6.42 Å². The average Bonchev–Trinajstić information content (AvgIpc) is 2.76. The molecule has 90 valence electrons. The van der Waals surface area contributed by atoms with Gasteiger partial charge in [0.2, 0.25) is 0 Å². The van der Waals surface area contributed by atoms with Crippen LogP contribution in [0.5, 0.6) is 5.75 Å². The average molecular weight is 230 g/mol. The third-order valence-electron chi connectivity index (χ3n) is 3.87. The lowest BCUT2D eigenvalue weighted by Gasteiger charge is -2.37. The number of ether oxygens (including phenoxy) is 1. The predicted molar refractivity (Wildman–Crippen MR) is 69.6 cm³/mol. The Morgan fingerprint density at radius 2 is 2.35 bits per heavy atom. The van der Waals surface area contributed by atoms with Gasteiger partial charge in [-0.3, -0.25) is 0 Å². The zero-order chi connectivity index (χ0) is 11.8. The second kappa shape index (κ2) is 4.08. The number of H-pyrrole nitrogens is 1. The number of aromatic amines is 1. The molecular formula is C14H18N2O. The Bertz CT molecular complexity index is 532. The smallest absolute Gasteiger partial charge is 0.119 e. The molecule has 0 aliphatic carbocycles. The van der Waals surface area contributed by atoms with Crippen molar-refractivity contribution in [1.82, 2.24) is 9.88 Å². The van der Waals surface area contributed by atoms with E-state index in [1.165, 1.54) is 29.4 Å². The molecule has 1 fully saturated rings. The van der Waals surface area contributed by atoms with Crippen molar-refractivity contribution >= 4 is 10.9 Å². The summed E-state index contributed by atoms with van der Waals surface area (Å²) in [4.78, 5) is 5.75. The summed E-state index contributed by atoms with van der Waals surface area (Å²) in [5.74, 6) is 0.931. The fourth-order valence-corrected chi connectivity index (χ4v) is 2.53. The molecule has 3 nitrogen and oxygen atoms in total. The number of methoxy groups -OCH3 is 1. The fraction of sp³-hybridized carbons (Fsp3) is 0.429. The first-order valence-corrected chi connectivity index (χ1v) is 6.12. The van der Waals surface area contributed by atoms with Crippen molar-refractivity contribution < 1.29 is 4.74 Å². The number of hydrogen-bond donors (Lipinski definition) is 1. The normalized spacial score (nSPS) is 20.5. The van der Waals surface area contributed by atoms with Gasteiger partial charge in [-0.05, 0) is 50.2 Å². The van der Waals surface area contributed by atoms with Gasteiger partial charge in [-0.25, -0.2) is 0 Å². The van der Waals surface area contributed by atoms with Crippen molar-refractivity contribution in [1.29, 1.82) is 0 Å². The molecule has 17 heavy (non-hydrogen) atoms. The van der Waals surface area contributed by atoms with E-state index in [0.29, 0.717) is 6.04 Å². The van der Waals surface area contributed by atoms with E-state index in [1.54, 1.807) is 7.11 Å². The van der Waals surface area contributed by atoms with E-state index in [0.717, 1.165) is 12.2 Å². The molecule has 0 amide bonds. The van der Waals surface area contributed by atoms with Crippen molar-refractivity contribution in [3.8, 4) is 5.75 Å². The molecule has 0 radical (unpaired) electrons. The highest BCUT2D eigenvalue weighted by Crippen LogP contribution is 2.27. The van der Waals surface area contributed by atoms with E-state index < -0.39 is 0 Å². The second-order valence-corrected chi connectivity index (χ2v) is 4.85. The minimum Gasteiger partial charge on any atom is -0.497 e. The maximum Gasteiger partial charge on any atom is 0.119 e. The minimum absolute atomic E-state index is 0.709. The number of nitrogens with one attached hydrogen (secondary N) is 1. The molecule has 1 atom stereocenters. The minimum atomic E-state index is 0.709. The molecule has 1 saturated heterocycles. The van der Waals surface area contributed by atoms with E-state index in [9.17, 15) is 0 Å². The van der Waals surface area contributed by atoms with Crippen LogP contribution in [0.1, 0.15) is 12.0 Å². The molecule has 1 N–H and O–H groups in total. The number of fused-ring (bicyclic) bond motifs is 1. The third-order valence-corrected chi connectivity index (χ3v) is 3.87. The summed E-state index contributed by atoms with van der Waals surface area (Å²) in [5, 5.41) is 1.30. The molecular weight excluding hydrogens is 212 g/mol. The first-order valence-electron chi connectivity index (χ1n) is 6.12. The number of likely N-dealkylation sites (N-methyl/N-ethyl adjacent to an activating group) is 1. The Morgan fingerprint density at radius 1 is 1.47 bits per heavy atom. The standard InChI is InChI=1S/C14H18N2O/c1-16-6-5-11(16)7-10-9-15-14-4-3-12(17-2)8-13(10)14/h3-4,8-9,11,15H,5-7H2,1-2H3. The predicted octanol–water partition coefficient (Wildman–Crippen LogP) is 2.42. The largest absolute Gasteiger partial charge is 0.497 e. The quantitative estimate of drug-likeness (QED) is 0.877. The summed E-state index contributed by atoms with van der Waals surface area (Å²) >= 11 is 0. The van der Waals surface area contributed by atoms with Gasteiger partial charge in [-0.1, -0.05) is 0 Å². The molecule has 1 aromatic carbocycles. The molecule has 0 saturated carbocycles. The Morgan fingerprint density at radius 3 is 3.00 bits per heavy atom. The van der Waals surface area contributed by atoms with Crippen LogP contribution in [0, 0.1) is 0 Å². The van der Waals surface area contributed by atoms with E-state index in [2.05, 4.69) is 35.3 Å². The summed E-state index contributed by atoms with van der Waals surface area (Å²) in [6.07, 6.45) is 4.58. The van der Waals surface area contributed by atoms with E-state index in [-0.39, 0.29) is 0 Å². The topological polar surface area (TPSA) is 28.3 Å². The van der Waals surface area contributed by atoms with Crippen molar-refractivity contribution in [2.75, 3.05) is 20.7 Å². The van der Waals surface area contributed by atoms with Gasteiger partial charge in [0.25, 0.3) is 0 Å². The molecule has 3 rings (SSSR count). The molecule has 0 spiro atoms. The maximum atomic E-state index is 5.29. The van der Waals surface area contributed by atoms with Crippen molar-refractivity contribution in [2.24, 2.45) is 0 Å². The fourth-order valence-electron chi connectivity index (χ4n) is 2.53. The van der Waals surface area contributed by atoms with Crippen molar-refractivity contribution in [2.45, 2.75) is 18.9 Å². The summed E-state index contributed by atoms with van der Waals surface area (Å²) in [7, 11) is 3.91. The van der Waals surface area contributed by atoms with Gasteiger partial charge in [0.15, 0.2) is 0 Å². The van der Waals surface area contributed by atoms with Gasteiger partial charge in [-0.15, -0.1) is 0 Å². The zero-order valence-corrected chi connectivity index (χ0v) is 10.4. The van der Waals surface area contributed by atoms with Gasteiger partial charge in [-0.2, -0.15) is 0 Å².